The Bertz CT molecular complexity index is 446. The van der Waals surface area contributed by atoms with Gasteiger partial charge in [-0.2, -0.15) is 0 Å². The SMILES string of the molecule is [N-]=[N+]=NCCCS(=O)c1cc(Cl)ccc1Cl. The van der Waals surface area contributed by atoms with Gasteiger partial charge in [-0.1, -0.05) is 28.3 Å². The Hall–Kier alpha value is -0.740. The van der Waals surface area contributed by atoms with Crippen molar-refractivity contribution < 1.29 is 4.21 Å². The minimum atomic E-state index is -1.21. The normalized spacial score (nSPS) is 11.9. The summed E-state index contributed by atoms with van der Waals surface area (Å²) in [7, 11) is -1.21. The van der Waals surface area contributed by atoms with Crippen LogP contribution in [0.2, 0.25) is 10.0 Å². The molecule has 1 rings (SSSR count). The summed E-state index contributed by atoms with van der Waals surface area (Å²) in [4.78, 5) is 3.14. The van der Waals surface area contributed by atoms with Crippen molar-refractivity contribution in [3.63, 3.8) is 0 Å². The molecule has 0 aliphatic heterocycles. The standard InChI is InChI=1S/C9H9Cl2N3OS/c10-7-2-3-8(11)9(6-7)16(15)5-1-4-13-14-12/h2-3,6H,1,4-5H2. The molecule has 4 nitrogen and oxygen atoms in total. The van der Waals surface area contributed by atoms with Crippen molar-refractivity contribution in [2.24, 2.45) is 5.11 Å². The zero-order valence-corrected chi connectivity index (χ0v) is 10.6. The van der Waals surface area contributed by atoms with Gasteiger partial charge in [0, 0.05) is 22.2 Å². The first-order valence-electron chi connectivity index (χ1n) is 4.49. The van der Waals surface area contributed by atoms with Gasteiger partial charge in [-0.15, -0.1) is 0 Å². The molecule has 1 atom stereocenters. The fourth-order valence-corrected chi connectivity index (χ4v) is 2.84. The third-order valence-corrected chi connectivity index (χ3v) is 3.95. The van der Waals surface area contributed by atoms with E-state index in [0.717, 1.165) is 0 Å². The summed E-state index contributed by atoms with van der Waals surface area (Å²) in [6.45, 7) is 0.334. The first-order chi connectivity index (χ1) is 7.65. The molecule has 1 unspecified atom stereocenters. The average Bonchev–Trinajstić information content (AvgIpc) is 2.27. The summed E-state index contributed by atoms with van der Waals surface area (Å²) in [5, 5.41) is 4.30. The zero-order chi connectivity index (χ0) is 12.0. The van der Waals surface area contributed by atoms with Crippen molar-refractivity contribution in [1.82, 2.24) is 0 Å². The van der Waals surface area contributed by atoms with Crippen LogP contribution in [0.15, 0.2) is 28.2 Å². The van der Waals surface area contributed by atoms with Crippen LogP contribution in [0.3, 0.4) is 0 Å². The van der Waals surface area contributed by atoms with Gasteiger partial charge >= 0.3 is 0 Å². The van der Waals surface area contributed by atoms with Crippen LogP contribution in [0.25, 0.3) is 10.4 Å². The van der Waals surface area contributed by atoms with E-state index in [1.54, 1.807) is 18.2 Å². The predicted octanol–water partition coefficient (Wildman–Crippen LogP) is 3.80. The maximum atomic E-state index is 11.8. The van der Waals surface area contributed by atoms with Crippen LogP contribution in [0.4, 0.5) is 0 Å². The van der Waals surface area contributed by atoms with Gasteiger partial charge in [-0.3, -0.25) is 4.21 Å². The molecule has 86 valence electrons. The number of rotatable bonds is 5. The maximum absolute atomic E-state index is 11.8. The third-order valence-electron chi connectivity index (χ3n) is 1.79. The highest BCUT2D eigenvalue weighted by Crippen LogP contribution is 2.24. The summed E-state index contributed by atoms with van der Waals surface area (Å²) in [5.41, 5.74) is 8.07. The Morgan fingerprint density at radius 2 is 2.19 bits per heavy atom. The number of hydrogen-bond donors (Lipinski definition) is 0. The maximum Gasteiger partial charge on any atom is 0.0589 e. The Kier molecular flexibility index (Phi) is 5.63. The minimum absolute atomic E-state index is 0.334. The first-order valence-corrected chi connectivity index (χ1v) is 6.57. The van der Waals surface area contributed by atoms with Crippen molar-refractivity contribution in [1.29, 1.82) is 0 Å². The van der Waals surface area contributed by atoms with Crippen LogP contribution in [-0.2, 0) is 10.8 Å². The van der Waals surface area contributed by atoms with Crippen molar-refractivity contribution in [3.8, 4) is 0 Å². The largest absolute Gasteiger partial charge is 0.254 e. The van der Waals surface area contributed by atoms with E-state index in [1.807, 2.05) is 0 Å². The van der Waals surface area contributed by atoms with E-state index in [4.69, 9.17) is 28.7 Å². The zero-order valence-electron chi connectivity index (χ0n) is 8.27. The molecule has 7 heteroatoms. The van der Waals surface area contributed by atoms with Gasteiger partial charge in [-0.05, 0) is 30.2 Å². The second-order valence-corrected chi connectivity index (χ2v) is 5.32. The molecule has 0 saturated carbocycles. The monoisotopic (exact) mass is 277 g/mol. The number of hydrogen-bond acceptors (Lipinski definition) is 2. The highest BCUT2D eigenvalue weighted by Gasteiger charge is 2.08. The molecule has 0 aliphatic carbocycles. The molecule has 0 aromatic heterocycles. The van der Waals surface area contributed by atoms with Crippen molar-refractivity contribution >= 4 is 34.0 Å². The summed E-state index contributed by atoms with van der Waals surface area (Å²) in [5.74, 6) is 0.402. The van der Waals surface area contributed by atoms with Crippen LogP contribution in [0, 0.1) is 0 Å². The third kappa shape index (κ3) is 4.02. The lowest BCUT2D eigenvalue weighted by atomic mass is 10.4. The lowest BCUT2D eigenvalue weighted by Crippen LogP contribution is -2.00. The van der Waals surface area contributed by atoms with Gasteiger partial charge in [-0.25, -0.2) is 0 Å². The lowest BCUT2D eigenvalue weighted by Gasteiger charge is -2.04. The molecule has 0 saturated heterocycles. The predicted molar refractivity (Wildman–Crippen MR) is 66.4 cm³/mol. The fourth-order valence-electron chi connectivity index (χ4n) is 1.07. The van der Waals surface area contributed by atoms with Crippen LogP contribution < -0.4 is 0 Å². The topological polar surface area (TPSA) is 65.8 Å². The number of halogens is 2. The van der Waals surface area contributed by atoms with Crippen molar-refractivity contribution in [2.75, 3.05) is 12.3 Å². The van der Waals surface area contributed by atoms with E-state index in [2.05, 4.69) is 10.0 Å². The summed E-state index contributed by atoms with van der Waals surface area (Å²) >= 11 is 11.7. The van der Waals surface area contributed by atoms with Crippen molar-refractivity contribution in [3.05, 3.63) is 38.7 Å². The van der Waals surface area contributed by atoms with Crippen LogP contribution in [0.1, 0.15) is 6.42 Å². The molecular formula is C9H9Cl2N3OS. The van der Waals surface area contributed by atoms with Gasteiger partial charge in [0.2, 0.25) is 0 Å². The Labute approximate surface area is 106 Å². The second-order valence-electron chi connectivity index (χ2n) is 2.93. The summed E-state index contributed by atoms with van der Waals surface area (Å²) in [6, 6.07) is 4.85. The molecule has 0 radical (unpaired) electrons. The van der Waals surface area contributed by atoms with Crippen LogP contribution in [-0.4, -0.2) is 16.5 Å². The van der Waals surface area contributed by atoms with E-state index in [1.165, 1.54) is 0 Å². The summed E-state index contributed by atoms with van der Waals surface area (Å²) < 4.78 is 11.8. The van der Waals surface area contributed by atoms with Crippen LogP contribution in [0.5, 0.6) is 0 Å². The molecule has 0 aliphatic rings. The van der Waals surface area contributed by atoms with E-state index in [0.29, 0.717) is 33.7 Å². The smallest absolute Gasteiger partial charge is 0.0589 e. The minimum Gasteiger partial charge on any atom is -0.254 e. The van der Waals surface area contributed by atoms with Crippen molar-refractivity contribution in [2.45, 2.75) is 11.3 Å². The van der Waals surface area contributed by atoms with Gasteiger partial charge < -0.3 is 0 Å². The van der Waals surface area contributed by atoms with Gasteiger partial charge in [0.1, 0.15) is 0 Å². The van der Waals surface area contributed by atoms with E-state index in [9.17, 15) is 4.21 Å². The second kappa shape index (κ2) is 6.76. The molecule has 1 aromatic rings. The van der Waals surface area contributed by atoms with Gasteiger partial charge in [0.15, 0.2) is 0 Å². The highest BCUT2D eigenvalue weighted by molar-refractivity contribution is 7.85. The molecule has 1 aromatic carbocycles. The molecule has 0 N–H and O–H groups in total. The molecule has 0 fully saturated rings. The molecule has 0 bridgehead atoms. The Balaban J connectivity index is 2.65. The van der Waals surface area contributed by atoms with Gasteiger partial charge in [0.25, 0.3) is 0 Å². The number of benzene rings is 1. The number of azide groups is 1. The highest BCUT2D eigenvalue weighted by atomic mass is 35.5. The molecule has 0 amide bonds. The lowest BCUT2D eigenvalue weighted by molar-refractivity contribution is 0.680. The van der Waals surface area contributed by atoms with E-state index >= 15 is 0 Å². The van der Waals surface area contributed by atoms with E-state index in [-0.39, 0.29) is 0 Å². The number of nitrogens with zero attached hydrogens (tertiary/aromatic N) is 3. The fraction of sp³-hybridized carbons (Fsp3) is 0.333. The Morgan fingerprint density at radius 1 is 1.44 bits per heavy atom. The van der Waals surface area contributed by atoms with Gasteiger partial charge in [0.05, 0.1) is 20.7 Å². The quantitative estimate of drug-likeness (QED) is 0.349. The van der Waals surface area contributed by atoms with E-state index < -0.39 is 10.8 Å². The average molecular weight is 278 g/mol. The first kappa shape index (κ1) is 13.3. The Morgan fingerprint density at radius 3 is 2.88 bits per heavy atom. The van der Waals surface area contributed by atoms with Crippen LogP contribution >= 0.6 is 23.2 Å². The molecule has 0 heterocycles. The molecule has 16 heavy (non-hydrogen) atoms. The molecular weight excluding hydrogens is 269 g/mol. The molecule has 0 spiro atoms. The summed E-state index contributed by atoms with van der Waals surface area (Å²) in [6.07, 6.45) is 0.555.